The van der Waals surface area contributed by atoms with E-state index in [1.165, 1.54) is 17.0 Å². The molecule has 2 fully saturated rings. The van der Waals surface area contributed by atoms with E-state index >= 15 is 0 Å². The van der Waals surface area contributed by atoms with Crippen LogP contribution >= 0.6 is 0 Å². The Balaban J connectivity index is 1.50. The topological polar surface area (TPSA) is 120 Å². The lowest BCUT2D eigenvalue weighted by atomic mass is 9.80. The van der Waals surface area contributed by atoms with E-state index in [9.17, 15) is 14.9 Å². The van der Waals surface area contributed by atoms with Crippen molar-refractivity contribution in [3.8, 4) is 11.8 Å². The molecule has 0 aliphatic carbocycles. The summed E-state index contributed by atoms with van der Waals surface area (Å²) < 4.78 is 7.93. The molecule has 0 saturated carbocycles. The summed E-state index contributed by atoms with van der Waals surface area (Å²) in [6, 6.07) is 14.7. The van der Waals surface area contributed by atoms with Gasteiger partial charge in [0.05, 0.1) is 54.5 Å². The summed E-state index contributed by atoms with van der Waals surface area (Å²) in [6.45, 7) is 16.9. The molecule has 2 aromatic carbocycles. The Labute approximate surface area is 292 Å². The molecule has 0 unspecified atom stereocenters. The van der Waals surface area contributed by atoms with Crippen LogP contribution in [0.15, 0.2) is 60.2 Å². The summed E-state index contributed by atoms with van der Waals surface area (Å²) in [7, 11) is 0. The molecule has 11 nitrogen and oxygen atoms in total. The van der Waals surface area contributed by atoms with Crippen LogP contribution in [0, 0.1) is 18.3 Å². The van der Waals surface area contributed by atoms with Crippen molar-refractivity contribution in [2.24, 2.45) is 0 Å². The predicted octanol–water partition coefficient (Wildman–Crippen LogP) is 5.14. The molecule has 1 amide bonds. The molecule has 11 heteroatoms. The molecular weight excluding hydrogens is 628 g/mol. The molecule has 5 heterocycles. The first-order chi connectivity index (χ1) is 24.1. The number of aryl methyl sites for hydroxylation is 1. The average Bonchev–Trinajstić information content (AvgIpc) is 3.09. The number of carbonyl (C=O) groups is 1. The molecule has 258 valence electrons. The SMILES string of the molecule is C=CC(=O)N1CCN(c2nc(=O)n(-c3c(C(C)C)ncnc3C(C)C)c3c2CCN(c2cccc4cccc(C)c24)C32COC2)C[C@@H]1CC#N. The Morgan fingerprint density at radius 1 is 1.08 bits per heavy atom. The number of amides is 1. The van der Waals surface area contributed by atoms with Crippen LogP contribution in [0.3, 0.4) is 0 Å². The van der Waals surface area contributed by atoms with Gasteiger partial charge in [0, 0.05) is 42.8 Å². The van der Waals surface area contributed by atoms with E-state index in [1.807, 2.05) is 0 Å². The Kier molecular flexibility index (Phi) is 8.68. The number of benzene rings is 2. The molecule has 2 saturated heterocycles. The summed E-state index contributed by atoms with van der Waals surface area (Å²) in [4.78, 5) is 48.2. The van der Waals surface area contributed by atoms with Gasteiger partial charge in [-0.1, -0.05) is 64.6 Å². The number of piperazine rings is 1. The molecule has 0 radical (unpaired) electrons. The fourth-order valence-corrected chi connectivity index (χ4v) is 8.18. The first-order valence-corrected chi connectivity index (χ1v) is 17.5. The maximum atomic E-state index is 14.8. The number of ether oxygens (including phenoxy) is 1. The Hall–Kier alpha value is -5.08. The van der Waals surface area contributed by atoms with E-state index in [0.29, 0.717) is 57.3 Å². The van der Waals surface area contributed by atoms with Gasteiger partial charge in [0.15, 0.2) is 0 Å². The molecule has 0 bridgehead atoms. The highest BCUT2D eigenvalue weighted by molar-refractivity contribution is 5.97. The van der Waals surface area contributed by atoms with Crippen molar-refractivity contribution in [1.29, 1.82) is 5.26 Å². The summed E-state index contributed by atoms with van der Waals surface area (Å²) in [6.07, 6.45) is 3.68. The molecule has 0 N–H and O–H groups in total. The molecule has 1 atom stereocenters. The van der Waals surface area contributed by atoms with Gasteiger partial charge in [0.1, 0.15) is 17.7 Å². The summed E-state index contributed by atoms with van der Waals surface area (Å²) in [5.74, 6) is 0.449. The zero-order chi connectivity index (χ0) is 35.3. The molecule has 3 aliphatic heterocycles. The molecule has 7 rings (SSSR count). The van der Waals surface area contributed by atoms with E-state index in [1.54, 1.807) is 15.8 Å². The van der Waals surface area contributed by atoms with Gasteiger partial charge in [-0.15, -0.1) is 0 Å². The van der Waals surface area contributed by atoms with Crippen molar-refractivity contribution in [2.45, 2.75) is 70.9 Å². The first kappa shape index (κ1) is 33.4. The van der Waals surface area contributed by atoms with Gasteiger partial charge in [0.2, 0.25) is 5.91 Å². The zero-order valence-electron chi connectivity index (χ0n) is 29.5. The largest absolute Gasteiger partial charge is 0.376 e. The Morgan fingerprint density at radius 3 is 2.40 bits per heavy atom. The van der Waals surface area contributed by atoms with E-state index < -0.39 is 11.2 Å². The highest BCUT2D eigenvalue weighted by atomic mass is 16.5. The first-order valence-electron chi connectivity index (χ1n) is 17.5. The van der Waals surface area contributed by atoms with Crippen LogP contribution in [0.2, 0.25) is 0 Å². The number of fused-ring (bicyclic) bond motifs is 3. The van der Waals surface area contributed by atoms with Gasteiger partial charge in [-0.25, -0.2) is 14.8 Å². The second-order valence-corrected chi connectivity index (χ2v) is 14.3. The van der Waals surface area contributed by atoms with Gasteiger partial charge in [-0.05, 0) is 48.3 Å². The lowest BCUT2D eigenvalue weighted by molar-refractivity contribution is -0.128. The quantitative estimate of drug-likeness (QED) is 0.246. The maximum Gasteiger partial charge on any atom is 0.354 e. The van der Waals surface area contributed by atoms with Crippen molar-refractivity contribution in [2.75, 3.05) is 49.2 Å². The second-order valence-electron chi connectivity index (χ2n) is 14.3. The Morgan fingerprint density at radius 2 is 1.78 bits per heavy atom. The fraction of sp³-hybridized carbons (Fsp3) is 0.436. The average molecular weight is 673 g/mol. The predicted molar refractivity (Wildman–Crippen MR) is 194 cm³/mol. The van der Waals surface area contributed by atoms with E-state index in [-0.39, 0.29) is 30.2 Å². The van der Waals surface area contributed by atoms with Gasteiger partial charge in [-0.3, -0.25) is 9.36 Å². The number of anilines is 2. The van der Waals surface area contributed by atoms with E-state index in [2.05, 4.69) is 93.5 Å². The van der Waals surface area contributed by atoms with Gasteiger partial charge >= 0.3 is 5.69 Å². The standard InChI is InChI=1S/C39H44N8O3/c1-7-31(48)45-19-18-44(20-28(45)14-16-40)37-29-15-17-46(30-13-9-12-27-11-8-10-26(6)32(27)30)39(21-50-22-39)36(29)47(38(49)43-37)35-33(24(2)3)41-23-42-34(35)25(4)5/h7-13,23-25,28H,1,14-15,17-22H2,2-6H3/t28-/m0/s1. The van der Waals surface area contributed by atoms with Gasteiger partial charge in [-0.2, -0.15) is 10.2 Å². The number of hydrogen-bond acceptors (Lipinski definition) is 9. The number of nitriles is 1. The van der Waals surface area contributed by atoms with Crippen LogP contribution in [0.5, 0.6) is 0 Å². The third kappa shape index (κ3) is 5.24. The third-order valence-electron chi connectivity index (χ3n) is 10.5. The van der Waals surface area contributed by atoms with Crippen LogP contribution in [-0.2, 0) is 21.5 Å². The minimum atomic E-state index is -0.675. The fourth-order valence-electron chi connectivity index (χ4n) is 8.18. The van der Waals surface area contributed by atoms with Gasteiger partial charge < -0.3 is 19.4 Å². The highest BCUT2D eigenvalue weighted by Gasteiger charge is 2.53. The minimum absolute atomic E-state index is 0.0175. The Bertz CT molecular complexity index is 2060. The van der Waals surface area contributed by atoms with Crippen LogP contribution in [0.1, 0.15) is 74.2 Å². The molecule has 50 heavy (non-hydrogen) atoms. The molecule has 2 aromatic heterocycles. The summed E-state index contributed by atoms with van der Waals surface area (Å²) >= 11 is 0. The van der Waals surface area contributed by atoms with E-state index in [0.717, 1.165) is 33.7 Å². The molecule has 1 spiro atoms. The monoisotopic (exact) mass is 672 g/mol. The van der Waals surface area contributed by atoms with Crippen molar-refractivity contribution >= 4 is 28.2 Å². The van der Waals surface area contributed by atoms with Crippen molar-refractivity contribution in [3.05, 3.63) is 94.1 Å². The smallest absolute Gasteiger partial charge is 0.354 e. The maximum absolute atomic E-state index is 14.8. The van der Waals surface area contributed by atoms with Crippen LogP contribution in [0.25, 0.3) is 16.5 Å². The lowest BCUT2D eigenvalue weighted by Gasteiger charge is -2.55. The molecule has 4 aromatic rings. The second kappa shape index (κ2) is 13.0. The number of hydrogen-bond donors (Lipinski definition) is 0. The summed E-state index contributed by atoms with van der Waals surface area (Å²) in [5, 5.41) is 12.0. The van der Waals surface area contributed by atoms with Crippen LogP contribution in [-0.4, -0.2) is 75.8 Å². The van der Waals surface area contributed by atoms with Crippen LogP contribution in [0.4, 0.5) is 11.5 Å². The highest BCUT2D eigenvalue weighted by Crippen LogP contribution is 2.48. The zero-order valence-corrected chi connectivity index (χ0v) is 29.5. The van der Waals surface area contributed by atoms with Crippen molar-refractivity contribution < 1.29 is 9.53 Å². The van der Waals surface area contributed by atoms with Crippen molar-refractivity contribution in [3.63, 3.8) is 0 Å². The summed E-state index contributed by atoms with van der Waals surface area (Å²) in [5.41, 5.74) is 5.34. The number of nitrogens with zero attached hydrogens (tertiary/aromatic N) is 8. The number of carbonyl (C=O) groups excluding carboxylic acids is 1. The minimum Gasteiger partial charge on any atom is -0.376 e. The van der Waals surface area contributed by atoms with Gasteiger partial charge in [0.25, 0.3) is 0 Å². The van der Waals surface area contributed by atoms with E-state index in [4.69, 9.17) is 19.7 Å². The molecular formula is C39H44N8O3. The molecule has 3 aliphatic rings. The van der Waals surface area contributed by atoms with Crippen molar-refractivity contribution in [1.82, 2.24) is 24.4 Å². The third-order valence-corrected chi connectivity index (χ3v) is 10.5. The number of aromatic nitrogens is 4. The normalized spacial score (nSPS) is 18.4. The number of rotatable bonds is 7. The lowest BCUT2D eigenvalue weighted by Crippen LogP contribution is -2.65. The van der Waals surface area contributed by atoms with Crippen LogP contribution < -0.4 is 15.5 Å².